The molecule has 1 aromatic heterocycles. The topological polar surface area (TPSA) is 32.3 Å². The molecule has 102 valence electrons. The summed E-state index contributed by atoms with van der Waals surface area (Å²) in [6.07, 6.45) is 0. The Morgan fingerprint density at radius 3 is 2.65 bits per heavy atom. The summed E-state index contributed by atoms with van der Waals surface area (Å²) in [5.74, 6) is -0.314. The average molecular weight is 287 g/mol. The average Bonchev–Trinajstić information content (AvgIpc) is 2.90. The van der Waals surface area contributed by atoms with Gasteiger partial charge >= 0.3 is 0 Å². The molecule has 0 amide bonds. The van der Waals surface area contributed by atoms with Crippen LogP contribution in [0.15, 0.2) is 53.9 Å². The van der Waals surface area contributed by atoms with Crippen molar-refractivity contribution in [3.05, 3.63) is 65.3 Å². The van der Waals surface area contributed by atoms with Gasteiger partial charge in [0.05, 0.1) is 18.3 Å². The van der Waals surface area contributed by atoms with Crippen molar-refractivity contribution < 1.29 is 9.50 Å². The quantitative estimate of drug-likeness (QED) is 0.754. The third kappa shape index (κ3) is 2.40. The molecule has 3 rings (SSSR count). The van der Waals surface area contributed by atoms with Gasteiger partial charge in [0.1, 0.15) is 5.82 Å². The fourth-order valence-electron chi connectivity index (χ4n) is 2.26. The van der Waals surface area contributed by atoms with Gasteiger partial charge in [-0.25, -0.2) is 4.39 Å². The molecule has 0 saturated heterocycles. The Morgan fingerprint density at radius 2 is 1.85 bits per heavy atom. The van der Waals surface area contributed by atoms with Crippen molar-refractivity contribution in [3.8, 4) is 0 Å². The first kappa shape index (κ1) is 13.1. The molecule has 0 aliphatic carbocycles. The van der Waals surface area contributed by atoms with Crippen LogP contribution in [0.3, 0.4) is 0 Å². The van der Waals surface area contributed by atoms with Gasteiger partial charge in [-0.3, -0.25) is 0 Å². The molecular weight excluding hydrogens is 273 g/mol. The van der Waals surface area contributed by atoms with Gasteiger partial charge in [0, 0.05) is 4.70 Å². The highest BCUT2D eigenvalue weighted by atomic mass is 32.1. The Kier molecular flexibility index (Phi) is 3.67. The number of hydrogen-bond acceptors (Lipinski definition) is 3. The lowest BCUT2D eigenvalue weighted by atomic mass is 10.1. The monoisotopic (exact) mass is 287 g/mol. The highest BCUT2D eigenvalue weighted by Gasteiger charge is 2.16. The maximum atomic E-state index is 13.7. The molecule has 0 aliphatic rings. The number of benzene rings is 2. The first-order valence-electron chi connectivity index (χ1n) is 6.37. The van der Waals surface area contributed by atoms with Gasteiger partial charge in [0.25, 0.3) is 0 Å². The summed E-state index contributed by atoms with van der Waals surface area (Å²) in [6, 6.07) is 14.2. The maximum Gasteiger partial charge on any atom is 0.146 e. The van der Waals surface area contributed by atoms with Crippen LogP contribution < -0.4 is 5.32 Å². The van der Waals surface area contributed by atoms with Gasteiger partial charge in [0.15, 0.2) is 0 Å². The first-order valence-corrected chi connectivity index (χ1v) is 7.25. The van der Waals surface area contributed by atoms with Crippen molar-refractivity contribution in [2.24, 2.45) is 0 Å². The van der Waals surface area contributed by atoms with E-state index in [2.05, 4.69) is 5.32 Å². The molecule has 0 bridgehead atoms. The Hall–Kier alpha value is -1.91. The van der Waals surface area contributed by atoms with E-state index in [1.165, 1.54) is 6.07 Å². The van der Waals surface area contributed by atoms with E-state index < -0.39 is 0 Å². The number of rotatable bonds is 4. The van der Waals surface area contributed by atoms with Crippen molar-refractivity contribution in [3.63, 3.8) is 0 Å². The Labute approximate surface area is 120 Å². The Balaban J connectivity index is 1.96. The van der Waals surface area contributed by atoms with E-state index in [9.17, 15) is 9.50 Å². The van der Waals surface area contributed by atoms with Gasteiger partial charge in [-0.2, -0.15) is 0 Å². The van der Waals surface area contributed by atoms with E-state index in [1.54, 1.807) is 29.5 Å². The fraction of sp³-hybridized carbons (Fsp3) is 0.125. The van der Waals surface area contributed by atoms with E-state index in [-0.39, 0.29) is 18.5 Å². The molecule has 0 saturated carbocycles. The lowest BCUT2D eigenvalue weighted by Crippen LogP contribution is -2.15. The summed E-state index contributed by atoms with van der Waals surface area (Å²) in [7, 11) is 0. The van der Waals surface area contributed by atoms with Crippen LogP contribution in [0.5, 0.6) is 0 Å². The molecule has 2 nitrogen and oxygen atoms in total. The van der Waals surface area contributed by atoms with Crippen LogP contribution in [0.25, 0.3) is 10.1 Å². The first-order chi connectivity index (χ1) is 9.79. The van der Waals surface area contributed by atoms with Crippen molar-refractivity contribution >= 4 is 27.1 Å². The standard InChI is InChI=1S/C16H14FNOS/c17-13-6-2-3-7-14(13)18-15(9-19)12-10-20-16-8-4-1-5-11(12)16/h1-8,10,15,18-19H,9H2. The SMILES string of the molecule is OCC(Nc1ccccc1F)c1csc2ccccc12. The molecule has 2 aromatic carbocycles. The number of fused-ring (bicyclic) bond motifs is 1. The molecule has 1 heterocycles. The molecule has 2 N–H and O–H groups in total. The highest BCUT2D eigenvalue weighted by Crippen LogP contribution is 2.32. The summed E-state index contributed by atoms with van der Waals surface area (Å²) in [5.41, 5.74) is 1.40. The van der Waals surface area contributed by atoms with Gasteiger partial charge < -0.3 is 10.4 Å². The second-order valence-electron chi connectivity index (χ2n) is 4.55. The molecule has 1 unspecified atom stereocenters. The van der Waals surface area contributed by atoms with Gasteiger partial charge in [-0.1, -0.05) is 30.3 Å². The maximum absolute atomic E-state index is 13.7. The minimum absolute atomic E-state index is 0.0882. The number of aliphatic hydroxyl groups is 1. The summed E-state index contributed by atoms with van der Waals surface area (Å²) in [6.45, 7) is -0.0882. The summed E-state index contributed by atoms with van der Waals surface area (Å²) in [4.78, 5) is 0. The number of hydrogen-bond donors (Lipinski definition) is 2. The third-order valence-electron chi connectivity index (χ3n) is 3.27. The zero-order valence-corrected chi connectivity index (χ0v) is 11.5. The van der Waals surface area contributed by atoms with Crippen LogP contribution in [0, 0.1) is 5.82 Å². The fourth-order valence-corrected chi connectivity index (χ4v) is 3.27. The number of anilines is 1. The molecule has 1 atom stereocenters. The van der Waals surface area contributed by atoms with Crippen LogP contribution in [0.4, 0.5) is 10.1 Å². The van der Waals surface area contributed by atoms with E-state index in [4.69, 9.17) is 0 Å². The minimum Gasteiger partial charge on any atom is -0.394 e. The molecule has 0 aliphatic heterocycles. The number of para-hydroxylation sites is 1. The van der Waals surface area contributed by atoms with E-state index in [0.29, 0.717) is 5.69 Å². The summed E-state index contributed by atoms with van der Waals surface area (Å²) < 4.78 is 14.9. The third-order valence-corrected chi connectivity index (χ3v) is 4.25. The molecule has 20 heavy (non-hydrogen) atoms. The van der Waals surface area contributed by atoms with Gasteiger partial charge in [-0.05, 0) is 34.5 Å². The van der Waals surface area contributed by atoms with Crippen LogP contribution in [-0.4, -0.2) is 11.7 Å². The minimum atomic E-state index is -0.317. The van der Waals surface area contributed by atoms with E-state index in [1.807, 2.05) is 29.6 Å². The molecule has 3 aromatic rings. The van der Waals surface area contributed by atoms with Crippen LogP contribution >= 0.6 is 11.3 Å². The Morgan fingerprint density at radius 1 is 1.10 bits per heavy atom. The molecule has 0 fully saturated rings. The lowest BCUT2D eigenvalue weighted by Gasteiger charge is -2.17. The predicted octanol–water partition coefficient (Wildman–Crippen LogP) is 4.19. The second kappa shape index (κ2) is 5.61. The lowest BCUT2D eigenvalue weighted by molar-refractivity contribution is 0.277. The number of nitrogens with one attached hydrogen (secondary N) is 1. The van der Waals surface area contributed by atoms with Crippen molar-refractivity contribution in [2.45, 2.75) is 6.04 Å². The van der Waals surface area contributed by atoms with Crippen molar-refractivity contribution in [2.75, 3.05) is 11.9 Å². The molecular formula is C16H14FNOS. The van der Waals surface area contributed by atoms with Gasteiger partial charge in [-0.15, -0.1) is 11.3 Å². The van der Waals surface area contributed by atoms with E-state index in [0.717, 1.165) is 15.6 Å². The number of thiophene rings is 1. The highest BCUT2D eigenvalue weighted by molar-refractivity contribution is 7.17. The number of aliphatic hydroxyl groups excluding tert-OH is 1. The summed E-state index contributed by atoms with van der Waals surface area (Å²) in [5, 5.41) is 15.8. The van der Waals surface area contributed by atoms with Crippen LogP contribution in [-0.2, 0) is 0 Å². The van der Waals surface area contributed by atoms with Gasteiger partial charge in [0.2, 0.25) is 0 Å². The van der Waals surface area contributed by atoms with E-state index >= 15 is 0 Å². The van der Waals surface area contributed by atoms with Crippen LogP contribution in [0.1, 0.15) is 11.6 Å². The zero-order chi connectivity index (χ0) is 13.9. The zero-order valence-electron chi connectivity index (χ0n) is 10.7. The van der Waals surface area contributed by atoms with Crippen molar-refractivity contribution in [1.82, 2.24) is 0 Å². The molecule has 0 spiro atoms. The van der Waals surface area contributed by atoms with Crippen LogP contribution in [0.2, 0.25) is 0 Å². The van der Waals surface area contributed by atoms with Crippen molar-refractivity contribution in [1.29, 1.82) is 0 Å². The second-order valence-corrected chi connectivity index (χ2v) is 5.46. The molecule has 0 radical (unpaired) electrons. The largest absolute Gasteiger partial charge is 0.394 e. The smallest absolute Gasteiger partial charge is 0.146 e. The normalized spacial score (nSPS) is 12.5. The Bertz CT molecular complexity index is 725. The predicted molar refractivity (Wildman–Crippen MR) is 81.7 cm³/mol. The summed E-state index contributed by atoms with van der Waals surface area (Å²) >= 11 is 1.63. The molecule has 4 heteroatoms. The number of halogens is 1.